The van der Waals surface area contributed by atoms with Gasteiger partial charge < -0.3 is 10.5 Å². The Hall–Kier alpha value is -1.24. The standard InChI is InChI=1S/C15H24N4OS/c1-5-19(7-8-20-6-2)9-12-17-14(16)13-10(3)11(4)21-15(13)18-12/h5-9H2,1-4H3,(H2,16,17,18). The van der Waals surface area contributed by atoms with Gasteiger partial charge in [0.15, 0.2) is 0 Å². The molecular formula is C15H24N4OS. The van der Waals surface area contributed by atoms with Crippen molar-refractivity contribution in [1.29, 1.82) is 0 Å². The van der Waals surface area contributed by atoms with Gasteiger partial charge in [-0.1, -0.05) is 6.92 Å². The van der Waals surface area contributed by atoms with Crippen LogP contribution in [0.3, 0.4) is 0 Å². The zero-order valence-corrected chi connectivity index (χ0v) is 14.1. The van der Waals surface area contributed by atoms with Gasteiger partial charge in [-0.3, -0.25) is 4.90 Å². The van der Waals surface area contributed by atoms with E-state index in [-0.39, 0.29) is 0 Å². The minimum absolute atomic E-state index is 0.595. The van der Waals surface area contributed by atoms with Crippen molar-refractivity contribution < 1.29 is 4.74 Å². The van der Waals surface area contributed by atoms with Gasteiger partial charge >= 0.3 is 0 Å². The summed E-state index contributed by atoms with van der Waals surface area (Å²) in [5.41, 5.74) is 7.32. The van der Waals surface area contributed by atoms with Crippen LogP contribution in [-0.4, -0.2) is 41.2 Å². The number of hydrogen-bond acceptors (Lipinski definition) is 6. The molecule has 0 radical (unpaired) electrons. The van der Waals surface area contributed by atoms with E-state index in [4.69, 9.17) is 10.5 Å². The van der Waals surface area contributed by atoms with Crippen LogP contribution in [0.25, 0.3) is 10.2 Å². The second-order valence-electron chi connectivity index (χ2n) is 5.05. The Balaban J connectivity index is 2.18. The van der Waals surface area contributed by atoms with Gasteiger partial charge in [-0.2, -0.15) is 0 Å². The molecule has 5 nitrogen and oxygen atoms in total. The second-order valence-corrected chi connectivity index (χ2v) is 6.26. The summed E-state index contributed by atoms with van der Waals surface area (Å²) in [4.78, 5) is 13.7. The van der Waals surface area contributed by atoms with Crippen molar-refractivity contribution >= 4 is 27.4 Å². The van der Waals surface area contributed by atoms with E-state index >= 15 is 0 Å². The lowest BCUT2D eigenvalue weighted by atomic mass is 10.2. The first-order valence-electron chi connectivity index (χ1n) is 7.39. The molecule has 2 rings (SSSR count). The molecule has 0 saturated carbocycles. The molecule has 0 bridgehead atoms. The first-order chi connectivity index (χ1) is 10.1. The van der Waals surface area contributed by atoms with Crippen molar-refractivity contribution in [2.75, 3.05) is 32.0 Å². The van der Waals surface area contributed by atoms with Gasteiger partial charge in [-0.05, 0) is 32.9 Å². The SMILES string of the molecule is CCOCCN(CC)Cc1nc(N)c2c(C)c(C)sc2n1. The van der Waals surface area contributed by atoms with E-state index in [1.54, 1.807) is 11.3 Å². The monoisotopic (exact) mass is 308 g/mol. The molecule has 0 unspecified atom stereocenters. The summed E-state index contributed by atoms with van der Waals surface area (Å²) in [5, 5.41) is 1.01. The topological polar surface area (TPSA) is 64.3 Å². The van der Waals surface area contributed by atoms with E-state index in [9.17, 15) is 0 Å². The van der Waals surface area contributed by atoms with Gasteiger partial charge in [0.05, 0.1) is 18.5 Å². The van der Waals surface area contributed by atoms with Crippen molar-refractivity contribution in [3.05, 3.63) is 16.3 Å². The molecule has 2 N–H and O–H groups in total. The minimum atomic E-state index is 0.595. The highest BCUT2D eigenvalue weighted by atomic mass is 32.1. The number of nitrogens with zero attached hydrogens (tertiary/aromatic N) is 3. The smallest absolute Gasteiger partial charge is 0.146 e. The number of likely N-dealkylation sites (N-methyl/N-ethyl adjacent to an activating group) is 1. The molecule has 116 valence electrons. The number of aryl methyl sites for hydroxylation is 2. The maximum absolute atomic E-state index is 6.12. The summed E-state index contributed by atoms with van der Waals surface area (Å²) in [7, 11) is 0. The Labute approximate surface area is 130 Å². The third-order valence-electron chi connectivity index (χ3n) is 3.67. The molecule has 2 heterocycles. The number of ether oxygens (including phenoxy) is 1. The normalized spacial score (nSPS) is 11.7. The second kappa shape index (κ2) is 7.15. The average molecular weight is 308 g/mol. The van der Waals surface area contributed by atoms with Crippen LogP contribution in [0.2, 0.25) is 0 Å². The van der Waals surface area contributed by atoms with Crippen molar-refractivity contribution in [1.82, 2.24) is 14.9 Å². The van der Waals surface area contributed by atoms with Crippen LogP contribution < -0.4 is 5.73 Å². The fourth-order valence-electron chi connectivity index (χ4n) is 2.28. The van der Waals surface area contributed by atoms with Crippen molar-refractivity contribution in [2.24, 2.45) is 0 Å². The molecule has 21 heavy (non-hydrogen) atoms. The molecule has 0 aliphatic heterocycles. The zero-order valence-electron chi connectivity index (χ0n) is 13.3. The van der Waals surface area contributed by atoms with Crippen molar-refractivity contribution in [3.63, 3.8) is 0 Å². The number of aromatic nitrogens is 2. The number of rotatable bonds is 7. The van der Waals surface area contributed by atoms with Gasteiger partial charge in [0.1, 0.15) is 16.5 Å². The van der Waals surface area contributed by atoms with Crippen LogP contribution in [-0.2, 0) is 11.3 Å². The molecule has 0 saturated heterocycles. The number of fused-ring (bicyclic) bond motifs is 1. The lowest BCUT2D eigenvalue weighted by molar-refractivity contribution is 0.112. The summed E-state index contributed by atoms with van der Waals surface area (Å²) in [6.45, 7) is 12.3. The molecule has 0 spiro atoms. The van der Waals surface area contributed by atoms with Crippen LogP contribution in [0.15, 0.2) is 0 Å². The molecule has 0 aliphatic carbocycles. The van der Waals surface area contributed by atoms with E-state index in [2.05, 4.69) is 35.6 Å². The summed E-state index contributed by atoms with van der Waals surface area (Å²) in [6, 6.07) is 0. The first-order valence-corrected chi connectivity index (χ1v) is 8.20. The number of nitrogen functional groups attached to an aromatic ring is 1. The van der Waals surface area contributed by atoms with E-state index < -0.39 is 0 Å². The van der Waals surface area contributed by atoms with Gasteiger partial charge in [-0.25, -0.2) is 9.97 Å². The van der Waals surface area contributed by atoms with Crippen LogP contribution in [0.1, 0.15) is 30.1 Å². The predicted octanol–water partition coefficient (Wildman–Crippen LogP) is 2.75. The van der Waals surface area contributed by atoms with Gasteiger partial charge in [0.25, 0.3) is 0 Å². The number of thiophene rings is 1. The van der Waals surface area contributed by atoms with E-state index in [1.807, 2.05) is 6.92 Å². The molecule has 0 aromatic carbocycles. The highest BCUT2D eigenvalue weighted by molar-refractivity contribution is 7.18. The molecule has 0 atom stereocenters. The maximum atomic E-state index is 6.12. The Morgan fingerprint density at radius 1 is 1.24 bits per heavy atom. The molecule has 2 aromatic rings. The van der Waals surface area contributed by atoms with E-state index in [0.717, 1.165) is 42.3 Å². The number of anilines is 1. The molecule has 2 aromatic heterocycles. The Morgan fingerprint density at radius 3 is 2.67 bits per heavy atom. The third kappa shape index (κ3) is 3.70. The summed E-state index contributed by atoms with van der Waals surface area (Å²) >= 11 is 1.69. The molecular weight excluding hydrogens is 284 g/mol. The van der Waals surface area contributed by atoms with Crippen molar-refractivity contribution in [3.8, 4) is 0 Å². The largest absolute Gasteiger partial charge is 0.383 e. The summed E-state index contributed by atoms with van der Waals surface area (Å²) in [6.07, 6.45) is 0. The Morgan fingerprint density at radius 2 is 2.00 bits per heavy atom. The Kier molecular flexibility index (Phi) is 5.50. The first kappa shape index (κ1) is 16.1. The summed E-state index contributed by atoms with van der Waals surface area (Å²) < 4.78 is 5.41. The average Bonchev–Trinajstić information content (AvgIpc) is 2.73. The van der Waals surface area contributed by atoms with Gasteiger partial charge in [-0.15, -0.1) is 11.3 Å². The van der Waals surface area contributed by atoms with Crippen LogP contribution in [0.5, 0.6) is 0 Å². The summed E-state index contributed by atoms with van der Waals surface area (Å²) in [5.74, 6) is 1.39. The van der Waals surface area contributed by atoms with Crippen molar-refractivity contribution in [2.45, 2.75) is 34.2 Å². The highest BCUT2D eigenvalue weighted by Crippen LogP contribution is 2.31. The van der Waals surface area contributed by atoms with Crippen LogP contribution >= 0.6 is 11.3 Å². The third-order valence-corrected chi connectivity index (χ3v) is 4.77. The molecule has 0 aliphatic rings. The number of nitrogens with two attached hydrogens (primary N) is 1. The lowest BCUT2D eigenvalue weighted by Crippen LogP contribution is -2.28. The fourth-order valence-corrected chi connectivity index (χ4v) is 3.34. The van der Waals surface area contributed by atoms with Crippen LogP contribution in [0, 0.1) is 13.8 Å². The van der Waals surface area contributed by atoms with Gasteiger partial charge in [0, 0.05) is 18.0 Å². The predicted molar refractivity (Wildman–Crippen MR) is 88.7 cm³/mol. The van der Waals surface area contributed by atoms with E-state index in [0.29, 0.717) is 12.4 Å². The highest BCUT2D eigenvalue weighted by Gasteiger charge is 2.14. The number of hydrogen-bond donors (Lipinski definition) is 1. The lowest BCUT2D eigenvalue weighted by Gasteiger charge is -2.19. The zero-order chi connectivity index (χ0) is 15.4. The minimum Gasteiger partial charge on any atom is -0.383 e. The van der Waals surface area contributed by atoms with Crippen LogP contribution in [0.4, 0.5) is 5.82 Å². The van der Waals surface area contributed by atoms with Gasteiger partial charge in [0.2, 0.25) is 0 Å². The molecule has 0 amide bonds. The Bertz CT molecular complexity index is 611. The van der Waals surface area contributed by atoms with E-state index in [1.165, 1.54) is 10.4 Å². The fraction of sp³-hybridized carbons (Fsp3) is 0.600. The maximum Gasteiger partial charge on any atom is 0.146 e. The molecule has 0 fully saturated rings. The quantitative estimate of drug-likeness (QED) is 0.797. The molecule has 6 heteroatoms.